The number of H-pyrrole nitrogens is 1. The molecule has 152 valence electrons. The van der Waals surface area contributed by atoms with Gasteiger partial charge in [-0.2, -0.15) is 0 Å². The minimum absolute atomic E-state index is 0.856. The van der Waals surface area contributed by atoms with Crippen LogP contribution in [0.15, 0.2) is 121 Å². The van der Waals surface area contributed by atoms with Gasteiger partial charge in [0.05, 0.1) is 5.69 Å². The molecule has 2 heterocycles. The second-order valence-corrected chi connectivity index (χ2v) is 7.79. The fraction of sp³-hybridized carbons (Fsp3) is 0. The topological polar surface area (TPSA) is 33.1 Å². The van der Waals surface area contributed by atoms with E-state index in [1.54, 1.807) is 0 Å². The summed E-state index contributed by atoms with van der Waals surface area (Å²) in [4.78, 5) is 5.10. The van der Waals surface area contributed by atoms with Crippen molar-refractivity contribution in [2.75, 3.05) is 0 Å². The molecule has 3 nitrogen and oxygen atoms in total. The molecule has 0 saturated heterocycles. The number of aromatic amines is 1. The maximum atomic E-state index is 5.10. The molecule has 0 saturated carbocycles. The molecule has 4 aromatic carbocycles. The predicted octanol–water partition coefficient (Wildman–Crippen LogP) is 7.33. The molecule has 0 unspecified atom stereocenters. The molecule has 2 aromatic heterocycles. The van der Waals surface area contributed by atoms with Gasteiger partial charge in [-0.25, -0.2) is 9.50 Å². The lowest BCUT2D eigenvalue weighted by Crippen LogP contribution is -1.91. The van der Waals surface area contributed by atoms with Gasteiger partial charge in [-0.3, -0.25) is 5.10 Å². The standard InChI is InChI=1S/C29H21N3/c1-5-13-21(14-6-1)25-26(22-15-7-2-8-16-22)29-30-28(24-19-11-4-12-20-24)31-32(29)27(25)23-17-9-3-10-18-23/h1-20H,(H,30,31). The summed E-state index contributed by atoms with van der Waals surface area (Å²) in [6, 6.07) is 41.9. The van der Waals surface area contributed by atoms with Crippen molar-refractivity contribution >= 4 is 5.65 Å². The molecule has 0 aliphatic rings. The van der Waals surface area contributed by atoms with E-state index in [1.807, 2.05) is 18.2 Å². The first-order chi connectivity index (χ1) is 15.9. The van der Waals surface area contributed by atoms with E-state index in [2.05, 4.69) is 113 Å². The number of hydrogen-bond acceptors (Lipinski definition) is 1. The van der Waals surface area contributed by atoms with E-state index < -0.39 is 0 Å². The van der Waals surface area contributed by atoms with E-state index in [4.69, 9.17) is 4.98 Å². The average Bonchev–Trinajstić information content (AvgIpc) is 3.43. The van der Waals surface area contributed by atoms with Crippen molar-refractivity contribution in [3.05, 3.63) is 121 Å². The normalized spacial score (nSPS) is 11.1. The monoisotopic (exact) mass is 411 g/mol. The Balaban J connectivity index is 1.75. The maximum Gasteiger partial charge on any atom is 0.163 e. The van der Waals surface area contributed by atoms with E-state index in [0.717, 1.165) is 39.4 Å². The molecule has 1 N–H and O–H groups in total. The molecule has 3 heteroatoms. The highest BCUT2D eigenvalue weighted by Gasteiger charge is 2.25. The molecule has 6 rings (SSSR count). The molecule has 0 bridgehead atoms. The van der Waals surface area contributed by atoms with Gasteiger partial charge in [0.25, 0.3) is 0 Å². The predicted molar refractivity (Wildman–Crippen MR) is 131 cm³/mol. The van der Waals surface area contributed by atoms with Crippen molar-refractivity contribution in [1.29, 1.82) is 0 Å². The zero-order valence-electron chi connectivity index (χ0n) is 17.4. The van der Waals surface area contributed by atoms with Gasteiger partial charge in [0.2, 0.25) is 0 Å². The van der Waals surface area contributed by atoms with E-state index in [1.165, 1.54) is 11.1 Å². The zero-order valence-corrected chi connectivity index (χ0v) is 17.4. The lowest BCUT2D eigenvalue weighted by Gasteiger charge is -2.09. The number of nitrogens with one attached hydrogen (secondary N) is 1. The number of benzene rings is 4. The van der Waals surface area contributed by atoms with Crippen molar-refractivity contribution in [2.24, 2.45) is 0 Å². The molecule has 0 amide bonds. The third-order valence-electron chi connectivity index (χ3n) is 5.80. The summed E-state index contributed by atoms with van der Waals surface area (Å²) in [6.07, 6.45) is 0. The minimum atomic E-state index is 0.856. The van der Waals surface area contributed by atoms with Gasteiger partial charge in [-0.05, 0) is 11.1 Å². The molecule has 0 atom stereocenters. The first-order valence-corrected chi connectivity index (χ1v) is 10.8. The zero-order chi connectivity index (χ0) is 21.3. The Morgan fingerprint density at radius 2 is 0.906 bits per heavy atom. The van der Waals surface area contributed by atoms with Crippen LogP contribution in [0.5, 0.6) is 0 Å². The molecule has 0 aliphatic carbocycles. The fourth-order valence-corrected chi connectivity index (χ4v) is 4.37. The number of aromatic nitrogens is 3. The van der Waals surface area contributed by atoms with Crippen LogP contribution >= 0.6 is 0 Å². The second kappa shape index (κ2) is 7.71. The van der Waals surface area contributed by atoms with E-state index in [0.29, 0.717) is 0 Å². The third kappa shape index (κ3) is 3.03. The van der Waals surface area contributed by atoms with Crippen molar-refractivity contribution in [1.82, 2.24) is 14.6 Å². The quantitative estimate of drug-likeness (QED) is 0.324. The summed E-state index contributed by atoms with van der Waals surface area (Å²) in [7, 11) is 0. The minimum Gasteiger partial charge on any atom is -0.275 e. The summed E-state index contributed by atoms with van der Waals surface area (Å²) in [6.45, 7) is 0. The number of fused-ring (bicyclic) bond motifs is 1. The fourth-order valence-electron chi connectivity index (χ4n) is 4.37. The summed E-state index contributed by atoms with van der Waals surface area (Å²) in [5, 5.41) is 3.58. The largest absolute Gasteiger partial charge is 0.275 e. The van der Waals surface area contributed by atoms with E-state index in [9.17, 15) is 0 Å². The highest BCUT2D eigenvalue weighted by molar-refractivity contribution is 6.01. The molecular weight excluding hydrogens is 390 g/mol. The molecule has 6 aromatic rings. The van der Waals surface area contributed by atoms with Gasteiger partial charge < -0.3 is 0 Å². The second-order valence-electron chi connectivity index (χ2n) is 7.79. The van der Waals surface area contributed by atoms with Gasteiger partial charge in [-0.15, -0.1) is 0 Å². The van der Waals surface area contributed by atoms with Gasteiger partial charge >= 0.3 is 0 Å². The third-order valence-corrected chi connectivity index (χ3v) is 5.80. The Kier molecular flexibility index (Phi) is 4.43. The maximum absolute atomic E-state index is 5.10. The van der Waals surface area contributed by atoms with Crippen LogP contribution in [-0.4, -0.2) is 14.6 Å². The Bertz CT molecular complexity index is 1400. The van der Waals surface area contributed by atoms with Crippen LogP contribution in [0.1, 0.15) is 0 Å². The highest BCUT2D eigenvalue weighted by atomic mass is 15.3. The van der Waals surface area contributed by atoms with Crippen molar-refractivity contribution in [2.45, 2.75) is 0 Å². The molecule has 0 radical (unpaired) electrons. The first kappa shape index (κ1) is 18.4. The Labute approximate surface area is 186 Å². The van der Waals surface area contributed by atoms with E-state index >= 15 is 0 Å². The molecule has 0 spiro atoms. The van der Waals surface area contributed by atoms with Crippen LogP contribution in [0, 0.1) is 0 Å². The summed E-state index contributed by atoms with van der Waals surface area (Å²) >= 11 is 0. The number of rotatable bonds is 4. The average molecular weight is 412 g/mol. The first-order valence-electron chi connectivity index (χ1n) is 10.8. The molecule has 32 heavy (non-hydrogen) atoms. The Morgan fingerprint density at radius 1 is 0.469 bits per heavy atom. The summed E-state index contributed by atoms with van der Waals surface area (Å²) in [5.74, 6) is 0.856. The van der Waals surface area contributed by atoms with Gasteiger partial charge in [-0.1, -0.05) is 121 Å². The summed E-state index contributed by atoms with van der Waals surface area (Å²) < 4.78 is 2.14. The number of nitrogens with zero attached hydrogens (tertiary/aromatic N) is 2. The van der Waals surface area contributed by atoms with Gasteiger partial charge in [0.15, 0.2) is 11.5 Å². The number of hydrogen-bond donors (Lipinski definition) is 1. The van der Waals surface area contributed by atoms with Gasteiger partial charge in [0, 0.05) is 22.3 Å². The molecular formula is C29H21N3. The highest BCUT2D eigenvalue weighted by Crippen LogP contribution is 2.44. The molecule has 0 aliphatic heterocycles. The van der Waals surface area contributed by atoms with Gasteiger partial charge in [0.1, 0.15) is 0 Å². The Hall–Kier alpha value is -4.37. The summed E-state index contributed by atoms with van der Waals surface area (Å²) in [5.41, 5.74) is 8.88. The van der Waals surface area contributed by atoms with E-state index in [-0.39, 0.29) is 0 Å². The van der Waals surface area contributed by atoms with Crippen LogP contribution in [0.4, 0.5) is 0 Å². The van der Waals surface area contributed by atoms with Crippen LogP contribution in [0.25, 0.3) is 50.5 Å². The SMILES string of the molecule is c1ccc(-c2nc3c(-c4ccccc4)c(-c4ccccc4)c(-c4ccccc4)n3[nH]2)cc1. The van der Waals surface area contributed by atoms with Crippen LogP contribution in [0.3, 0.4) is 0 Å². The lowest BCUT2D eigenvalue weighted by atomic mass is 9.94. The lowest BCUT2D eigenvalue weighted by molar-refractivity contribution is 0.989. The Morgan fingerprint density at radius 3 is 1.44 bits per heavy atom. The molecule has 0 fully saturated rings. The van der Waals surface area contributed by atoms with Crippen molar-refractivity contribution < 1.29 is 0 Å². The van der Waals surface area contributed by atoms with Crippen LogP contribution in [0.2, 0.25) is 0 Å². The smallest absolute Gasteiger partial charge is 0.163 e. The van der Waals surface area contributed by atoms with Crippen LogP contribution in [-0.2, 0) is 0 Å². The van der Waals surface area contributed by atoms with Crippen molar-refractivity contribution in [3.63, 3.8) is 0 Å². The van der Waals surface area contributed by atoms with Crippen molar-refractivity contribution in [3.8, 4) is 44.9 Å². The van der Waals surface area contributed by atoms with Crippen LogP contribution < -0.4 is 0 Å².